The van der Waals surface area contributed by atoms with Gasteiger partial charge < -0.3 is 5.21 Å². The van der Waals surface area contributed by atoms with Crippen LogP contribution < -0.4 is 0 Å². The third kappa shape index (κ3) is 3.70. The Hall–Kier alpha value is -3.09. The predicted octanol–water partition coefficient (Wildman–Crippen LogP) is 2.97. The van der Waals surface area contributed by atoms with Crippen molar-refractivity contribution in [2.45, 2.75) is 0 Å². The minimum absolute atomic E-state index is 0.115. The molecule has 0 unspecified atom stereocenters. The van der Waals surface area contributed by atoms with Gasteiger partial charge in [-0.3, -0.25) is 14.9 Å². The maximum atomic E-state index is 12.1. The average Bonchev–Trinajstić information content (AvgIpc) is 2.48. The quantitative estimate of drug-likeness (QED) is 0.400. The van der Waals surface area contributed by atoms with Gasteiger partial charge in [-0.1, -0.05) is 42.5 Å². The number of benzene rings is 2. The molecule has 0 saturated heterocycles. The second kappa shape index (κ2) is 7.37. The van der Waals surface area contributed by atoms with Gasteiger partial charge in [0.1, 0.15) is 5.56 Å². The third-order valence-electron chi connectivity index (χ3n) is 2.38. The Morgan fingerprint density at radius 3 is 2.10 bits per heavy atom. The van der Waals surface area contributed by atoms with Crippen LogP contribution >= 0.6 is 0 Å². The highest BCUT2D eigenvalue weighted by Crippen LogP contribution is 2.20. The molecule has 0 aliphatic rings. The van der Waals surface area contributed by atoms with Crippen molar-refractivity contribution in [3.05, 3.63) is 80.7 Å². The van der Waals surface area contributed by atoms with E-state index in [2.05, 4.69) is 0 Å². The molecule has 2 aromatic carbocycles. The van der Waals surface area contributed by atoms with Gasteiger partial charge in [-0.2, -0.15) is 0 Å². The monoisotopic (exact) mass is 274 g/mol. The minimum Gasteiger partial charge on any atom is -0.379 e. The van der Waals surface area contributed by atoms with Crippen LogP contribution in [-0.2, 0) is 0 Å². The van der Waals surface area contributed by atoms with E-state index in [-0.39, 0.29) is 17.0 Å². The summed E-state index contributed by atoms with van der Waals surface area (Å²) < 4.78 is 0. The van der Waals surface area contributed by atoms with Crippen molar-refractivity contribution >= 4 is 11.5 Å². The maximum Gasteiger partial charge on any atom is 0.280 e. The highest BCUT2D eigenvalue weighted by atomic mass is 16.6. The lowest BCUT2D eigenvalue weighted by Crippen LogP contribution is -2.04. The summed E-state index contributed by atoms with van der Waals surface area (Å²) in [5.41, 5.74) is 0.395. The number of nitro benzene ring substituents is 1. The summed E-state index contributed by atoms with van der Waals surface area (Å²) in [6, 6.07) is 14.5. The number of nitro groups is 1. The van der Waals surface area contributed by atoms with Crippen LogP contribution in [0, 0.1) is 15.0 Å². The molecule has 0 aliphatic heterocycles. The highest BCUT2D eigenvalue weighted by molar-refractivity contribution is 6.11. The molecular formula is C13H10N2O5. The SMILES string of the molecule is O=C(c1ccccc1)c1ccccc1[N+](=O)[O-].O=NO. The molecule has 0 radical (unpaired) electrons. The highest BCUT2D eigenvalue weighted by Gasteiger charge is 2.19. The first-order valence-electron chi connectivity index (χ1n) is 5.41. The standard InChI is InChI=1S/C13H9NO3.HNO2/c15-13(10-6-2-1-3-7-10)11-8-4-5-9-12(11)14(16)17;2-1-3/h1-9H;(H,2,3). The van der Waals surface area contributed by atoms with E-state index in [1.54, 1.807) is 42.5 Å². The van der Waals surface area contributed by atoms with E-state index in [1.165, 1.54) is 17.5 Å². The maximum absolute atomic E-state index is 12.1. The Balaban J connectivity index is 0.000000612. The number of nitrogens with zero attached hydrogens (tertiary/aromatic N) is 2. The summed E-state index contributed by atoms with van der Waals surface area (Å²) in [7, 11) is 0. The molecule has 0 fully saturated rings. The van der Waals surface area contributed by atoms with Crippen LogP contribution in [0.3, 0.4) is 0 Å². The number of rotatable bonds is 3. The summed E-state index contributed by atoms with van der Waals surface area (Å²) in [5.74, 6) is -0.335. The van der Waals surface area contributed by atoms with Gasteiger partial charge in [0.2, 0.25) is 0 Å². The summed E-state index contributed by atoms with van der Waals surface area (Å²) in [6.45, 7) is 0. The van der Waals surface area contributed by atoms with Gasteiger partial charge in [0.15, 0.2) is 11.1 Å². The van der Waals surface area contributed by atoms with Crippen LogP contribution in [0.15, 0.2) is 59.9 Å². The number of hydrogen-bond donors (Lipinski definition) is 1. The number of carbonyl (C=O) groups is 1. The van der Waals surface area contributed by atoms with Crippen molar-refractivity contribution in [2.75, 3.05) is 0 Å². The lowest BCUT2D eigenvalue weighted by molar-refractivity contribution is -0.385. The molecule has 0 spiro atoms. The Morgan fingerprint density at radius 2 is 1.55 bits per heavy atom. The van der Waals surface area contributed by atoms with E-state index in [0.29, 0.717) is 5.56 Å². The van der Waals surface area contributed by atoms with Crippen LogP contribution in [0.1, 0.15) is 15.9 Å². The second-order valence-electron chi connectivity index (χ2n) is 3.55. The molecule has 0 atom stereocenters. The summed E-state index contributed by atoms with van der Waals surface area (Å²) in [4.78, 5) is 30.4. The zero-order valence-corrected chi connectivity index (χ0v) is 10.2. The predicted molar refractivity (Wildman–Crippen MR) is 70.6 cm³/mol. The smallest absolute Gasteiger partial charge is 0.280 e. The van der Waals surface area contributed by atoms with E-state index < -0.39 is 4.92 Å². The fourth-order valence-electron chi connectivity index (χ4n) is 1.57. The largest absolute Gasteiger partial charge is 0.379 e. The van der Waals surface area contributed by atoms with Gasteiger partial charge in [0, 0.05) is 11.6 Å². The second-order valence-corrected chi connectivity index (χ2v) is 3.55. The number of hydrogen-bond acceptors (Lipinski definition) is 5. The van der Waals surface area contributed by atoms with Gasteiger partial charge in [-0.05, 0) is 6.07 Å². The molecule has 1 N–H and O–H groups in total. The van der Waals surface area contributed by atoms with E-state index in [1.807, 2.05) is 0 Å². The van der Waals surface area contributed by atoms with Gasteiger partial charge >= 0.3 is 0 Å². The molecular weight excluding hydrogens is 264 g/mol. The Labute approximate surface area is 113 Å². The molecule has 20 heavy (non-hydrogen) atoms. The number of ketones is 1. The van der Waals surface area contributed by atoms with Crippen LogP contribution in [-0.4, -0.2) is 15.9 Å². The lowest BCUT2D eigenvalue weighted by atomic mass is 10.0. The summed E-state index contributed by atoms with van der Waals surface area (Å²) in [6.07, 6.45) is 0. The minimum atomic E-state index is -0.545. The van der Waals surface area contributed by atoms with Gasteiger partial charge in [0.05, 0.1) is 4.92 Å². The summed E-state index contributed by atoms with van der Waals surface area (Å²) >= 11 is 0. The van der Waals surface area contributed by atoms with Gasteiger partial charge in [-0.15, -0.1) is 4.91 Å². The van der Waals surface area contributed by atoms with Crippen molar-refractivity contribution in [1.29, 1.82) is 0 Å². The molecule has 0 heterocycles. The van der Waals surface area contributed by atoms with Crippen molar-refractivity contribution in [2.24, 2.45) is 5.34 Å². The average molecular weight is 274 g/mol. The van der Waals surface area contributed by atoms with Crippen molar-refractivity contribution in [3.8, 4) is 0 Å². The fraction of sp³-hybridized carbons (Fsp3) is 0. The molecule has 2 rings (SSSR count). The van der Waals surface area contributed by atoms with Crippen LogP contribution in [0.4, 0.5) is 5.69 Å². The molecule has 0 bridgehead atoms. The number of carbonyl (C=O) groups excluding carboxylic acids is 1. The molecule has 102 valence electrons. The van der Waals surface area contributed by atoms with Crippen LogP contribution in [0.25, 0.3) is 0 Å². The first-order chi connectivity index (χ1) is 9.61. The first kappa shape index (κ1) is 15.0. The third-order valence-corrected chi connectivity index (χ3v) is 2.38. The Bertz CT molecular complexity index is 613. The van der Waals surface area contributed by atoms with E-state index in [4.69, 9.17) is 10.1 Å². The Morgan fingerprint density at radius 1 is 1.05 bits per heavy atom. The molecule has 0 saturated carbocycles. The normalized spacial score (nSPS) is 9.00. The summed E-state index contributed by atoms with van der Waals surface area (Å²) in [5, 5.41) is 18.7. The van der Waals surface area contributed by atoms with Gasteiger partial charge in [0.25, 0.3) is 5.69 Å². The topological polar surface area (TPSA) is 110 Å². The molecule has 0 amide bonds. The fourth-order valence-corrected chi connectivity index (χ4v) is 1.57. The van der Waals surface area contributed by atoms with Crippen LogP contribution in [0.2, 0.25) is 0 Å². The first-order valence-corrected chi connectivity index (χ1v) is 5.41. The van der Waals surface area contributed by atoms with E-state index >= 15 is 0 Å². The molecule has 7 nitrogen and oxygen atoms in total. The molecule has 2 aromatic rings. The number of para-hydroxylation sites is 1. The van der Waals surface area contributed by atoms with Crippen molar-refractivity contribution < 1.29 is 14.9 Å². The van der Waals surface area contributed by atoms with Crippen molar-refractivity contribution in [1.82, 2.24) is 0 Å². The molecule has 7 heteroatoms. The van der Waals surface area contributed by atoms with E-state index in [9.17, 15) is 14.9 Å². The zero-order chi connectivity index (χ0) is 15.0. The van der Waals surface area contributed by atoms with Crippen molar-refractivity contribution in [3.63, 3.8) is 0 Å². The van der Waals surface area contributed by atoms with Crippen LogP contribution in [0.5, 0.6) is 0 Å². The molecule has 0 aromatic heterocycles. The van der Waals surface area contributed by atoms with E-state index in [0.717, 1.165) is 0 Å². The van der Waals surface area contributed by atoms with Gasteiger partial charge in [-0.25, -0.2) is 0 Å². The lowest BCUT2D eigenvalue weighted by Gasteiger charge is -2.01. The Kier molecular flexibility index (Phi) is 5.51. The molecule has 0 aliphatic carbocycles. The zero-order valence-electron chi connectivity index (χ0n) is 10.2.